The van der Waals surface area contributed by atoms with E-state index in [-0.39, 0.29) is 0 Å². The van der Waals surface area contributed by atoms with Gasteiger partial charge in [0.05, 0.1) is 20.3 Å². The molecule has 0 radical (unpaired) electrons. The number of nitrogens with zero attached hydrogens (tertiary/aromatic N) is 4. The highest BCUT2D eigenvalue weighted by molar-refractivity contribution is 5.40. The van der Waals surface area contributed by atoms with Gasteiger partial charge in [-0.05, 0) is 0 Å². The molecule has 1 aromatic rings. The van der Waals surface area contributed by atoms with Crippen molar-refractivity contribution < 1.29 is 9.47 Å². The van der Waals surface area contributed by atoms with Crippen LogP contribution < -0.4 is 19.7 Å². The van der Waals surface area contributed by atoms with Crippen molar-refractivity contribution >= 4 is 5.95 Å². The second-order valence-corrected chi connectivity index (χ2v) is 5.10. The summed E-state index contributed by atoms with van der Waals surface area (Å²) in [6.07, 6.45) is 0. The number of ether oxygens (including phenoxy) is 2. The molecule has 2 aliphatic rings. The Bertz CT molecular complexity index is 436. The molecule has 0 bridgehead atoms. The van der Waals surface area contributed by atoms with Crippen LogP contribution in [0.4, 0.5) is 5.95 Å². The lowest BCUT2D eigenvalue weighted by molar-refractivity contribution is 0.146. The molecule has 1 aromatic heterocycles. The van der Waals surface area contributed by atoms with Gasteiger partial charge in [-0.2, -0.15) is 9.97 Å². The zero-order valence-corrected chi connectivity index (χ0v) is 12.0. The maximum absolute atomic E-state index is 5.18. The Morgan fingerprint density at radius 3 is 2.25 bits per heavy atom. The predicted octanol–water partition coefficient (Wildman–Crippen LogP) is -0.412. The topological polar surface area (TPSA) is 62.8 Å². The predicted molar refractivity (Wildman–Crippen MR) is 75.6 cm³/mol. The molecule has 0 saturated carbocycles. The third kappa shape index (κ3) is 2.64. The fourth-order valence-corrected chi connectivity index (χ4v) is 2.64. The molecule has 2 fully saturated rings. The van der Waals surface area contributed by atoms with E-state index in [1.807, 2.05) is 0 Å². The summed E-state index contributed by atoms with van der Waals surface area (Å²) >= 11 is 0. The molecule has 0 aromatic carbocycles. The number of nitrogens with one attached hydrogen (secondary N) is 1. The van der Waals surface area contributed by atoms with Gasteiger partial charge in [0, 0.05) is 45.3 Å². The monoisotopic (exact) mass is 279 g/mol. The maximum atomic E-state index is 5.18. The molecule has 3 heterocycles. The van der Waals surface area contributed by atoms with Crippen LogP contribution in [0.25, 0.3) is 0 Å². The maximum Gasteiger partial charge on any atom is 0.232 e. The third-order valence-corrected chi connectivity index (χ3v) is 3.90. The van der Waals surface area contributed by atoms with Gasteiger partial charge in [0.2, 0.25) is 17.7 Å². The number of rotatable bonds is 4. The lowest BCUT2D eigenvalue weighted by Gasteiger charge is -2.46. The quantitative estimate of drug-likeness (QED) is 0.803. The average molecular weight is 279 g/mol. The highest BCUT2D eigenvalue weighted by Gasteiger charge is 2.34. The molecule has 7 nitrogen and oxygen atoms in total. The zero-order valence-electron chi connectivity index (χ0n) is 12.0. The Morgan fingerprint density at radius 2 is 1.70 bits per heavy atom. The molecule has 0 spiro atoms. The second kappa shape index (κ2) is 5.80. The number of methoxy groups -OCH3 is 2. The van der Waals surface area contributed by atoms with Crippen LogP contribution in [0, 0.1) is 0 Å². The van der Waals surface area contributed by atoms with Crippen LogP contribution in [0.3, 0.4) is 0 Å². The molecule has 20 heavy (non-hydrogen) atoms. The normalized spacial score (nSPS) is 20.6. The van der Waals surface area contributed by atoms with E-state index in [1.165, 1.54) is 0 Å². The van der Waals surface area contributed by atoms with Crippen molar-refractivity contribution in [3.8, 4) is 11.8 Å². The van der Waals surface area contributed by atoms with E-state index in [9.17, 15) is 0 Å². The standard InChI is InChI=1S/C13H21N5O2/c1-19-11-7-12(20-2)16-13(15-11)18-8-10(9-18)17-5-3-14-4-6-17/h7,10,14H,3-6,8-9H2,1-2H3. The molecule has 0 unspecified atom stereocenters. The van der Waals surface area contributed by atoms with Gasteiger partial charge in [0.15, 0.2) is 0 Å². The Balaban J connectivity index is 1.63. The summed E-state index contributed by atoms with van der Waals surface area (Å²) in [6.45, 7) is 6.36. The minimum absolute atomic E-state index is 0.539. The highest BCUT2D eigenvalue weighted by Crippen LogP contribution is 2.25. The fraction of sp³-hybridized carbons (Fsp3) is 0.692. The summed E-state index contributed by atoms with van der Waals surface area (Å²) < 4.78 is 10.4. The van der Waals surface area contributed by atoms with Gasteiger partial charge in [0.1, 0.15) is 0 Å². The van der Waals surface area contributed by atoms with Gasteiger partial charge >= 0.3 is 0 Å². The van der Waals surface area contributed by atoms with Gasteiger partial charge in [0.25, 0.3) is 0 Å². The van der Waals surface area contributed by atoms with Crippen LogP contribution in [0.5, 0.6) is 11.8 Å². The van der Waals surface area contributed by atoms with Crippen molar-refractivity contribution in [1.29, 1.82) is 0 Å². The molecule has 1 N–H and O–H groups in total. The van der Waals surface area contributed by atoms with E-state index in [0.717, 1.165) is 39.3 Å². The summed E-state index contributed by atoms with van der Waals surface area (Å²) in [7, 11) is 3.20. The smallest absolute Gasteiger partial charge is 0.232 e. The minimum Gasteiger partial charge on any atom is -0.481 e. The molecule has 0 aliphatic carbocycles. The Morgan fingerprint density at radius 1 is 1.10 bits per heavy atom. The third-order valence-electron chi connectivity index (χ3n) is 3.90. The van der Waals surface area contributed by atoms with Crippen LogP contribution in [-0.4, -0.2) is 74.4 Å². The zero-order chi connectivity index (χ0) is 13.9. The van der Waals surface area contributed by atoms with E-state index < -0.39 is 0 Å². The number of piperazine rings is 1. The van der Waals surface area contributed by atoms with Crippen molar-refractivity contribution in [3.63, 3.8) is 0 Å². The van der Waals surface area contributed by atoms with Crippen LogP contribution in [0.1, 0.15) is 0 Å². The summed E-state index contributed by atoms with van der Waals surface area (Å²) in [5, 5.41) is 3.38. The lowest BCUT2D eigenvalue weighted by Crippen LogP contribution is -2.63. The van der Waals surface area contributed by atoms with Crippen molar-refractivity contribution in [2.24, 2.45) is 0 Å². The first-order valence-corrected chi connectivity index (χ1v) is 6.97. The first kappa shape index (κ1) is 13.4. The molecule has 7 heteroatoms. The summed E-state index contributed by atoms with van der Waals surface area (Å²) in [6, 6.07) is 2.30. The van der Waals surface area contributed by atoms with E-state index in [2.05, 4.69) is 25.1 Å². The van der Waals surface area contributed by atoms with Crippen LogP contribution in [-0.2, 0) is 0 Å². The van der Waals surface area contributed by atoms with Crippen LogP contribution in [0.15, 0.2) is 6.07 Å². The molecule has 2 aliphatic heterocycles. The molecule has 2 saturated heterocycles. The molecule has 110 valence electrons. The van der Waals surface area contributed by atoms with Crippen molar-refractivity contribution in [2.45, 2.75) is 6.04 Å². The van der Waals surface area contributed by atoms with Crippen LogP contribution >= 0.6 is 0 Å². The lowest BCUT2D eigenvalue weighted by atomic mass is 10.1. The second-order valence-electron chi connectivity index (χ2n) is 5.10. The molecule has 0 amide bonds. The number of hydrogen-bond donors (Lipinski definition) is 1. The van der Waals surface area contributed by atoms with E-state index >= 15 is 0 Å². The van der Waals surface area contributed by atoms with Gasteiger partial charge in [-0.25, -0.2) is 0 Å². The Labute approximate surface area is 118 Å². The largest absolute Gasteiger partial charge is 0.481 e. The van der Waals surface area contributed by atoms with Gasteiger partial charge in [-0.3, -0.25) is 4.90 Å². The number of anilines is 1. The van der Waals surface area contributed by atoms with Crippen molar-refractivity contribution in [2.75, 3.05) is 58.4 Å². The van der Waals surface area contributed by atoms with Gasteiger partial charge < -0.3 is 19.7 Å². The van der Waals surface area contributed by atoms with Crippen molar-refractivity contribution in [1.82, 2.24) is 20.2 Å². The van der Waals surface area contributed by atoms with Gasteiger partial charge in [-0.15, -0.1) is 0 Å². The highest BCUT2D eigenvalue weighted by atomic mass is 16.5. The fourth-order valence-electron chi connectivity index (χ4n) is 2.64. The van der Waals surface area contributed by atoms with E-state index in [1.54, 1.807) is 20.3 Å². The van der Waals surface area contributed by atoms with E-state index in [4.69, 9.17) is 9.47 Å². The van der Waals surface area contributed by atoms with E-state index in [0.29, 0.717) is 23.8 Å². The van der Waals surface area contributed by atoms with Crippen molar-refractivity contribution in [3.05, 3.63) is 6.07 Å². The summed E-state index contributed by atoms with van der Waals surface area (Å²) in [5.74, 6) is 1.77. The molecule has 3 rings (SSSR count). The molecular formula is C13H21N5O2. The first-order valence-electron chi connectivity index (χ1n) is 6.97. The molecule has 0 atom stereocenters. The average Bonchev–Trinajstić information content (AvgIpc) is 2.46. The summed E-state index contributed by atoms with van der Waals surface area (Å²) in [5.41, 5.74) is 0. The number of hydrogen-bond acceptors (Lipinski definition) is 7. The minimum atomic E-state index is 0.539. The van der Waals surface area contributed by atoms with Gasteiger partial charge in [-0.1, -0.05) is 0 Å². The first-order chi connectivity index (χ1) is 9.80. The summed E-state index contributed by atoms with van der Waals surface area (Å²) in [4.78, 5) is 13.5. The Hall–Kier alpha value is -1.60. The van der Waals surface area contributed by atoms with Crippen LogP contribution in [0.2, 0.25) is 0 Å². The number of aromatic nitrogens is 2. The molecular weight excluding hydrogens is 258 g/mol. The SMILES string of the molecule is COc1cc(OC)nc(N2CC(N3CCNCC3)C2)n1. The Kier molecular flexibility index (Phi) is 3.88.